The Labute approximate surface area is 62.2 Å². The molecule has 0 heterocycles. The van der Waals surface area contributed by atoms with Crippen LogP contribution in [0.1, 0.15) is 27.7 Å². The van der Waals surface area contributed by atoms with E-state index in [9.17, 15) is 5.11 Å². The van der Waals surface area contributed by atoms with E-state index in [2.05, 4.69) is 0 Å². The molecule has 60 valence electrons. The number of aliphatic hydroxyl groups excluding tert-OH is 2. The number of rotatable bonds is 2. The molecule has 0 aliphatic carbocycles. The average Bonchev–Trinajstić information content (AvgIpc) is 1.86. The quantitative estimate of drug-likeness (QED) is 0.581. The number of hydrogen-bond acceptors (Lipinski definition) is 2. The van der Waals surface area contributed by atoms with Gasteiger partial charge < -0.3 is 10.2 Å². The molecule has 0 aromatic rings. The van der Waals surface area contributed by atoms with Gasteiger partial charge in [-0.15, -0.1) is 0 Å². The Balaban J connectivity index is 4.49. The minimum atomic E-state index is -0.487. The third-order valence-electron chi connectivity index (χ3n) is 1.51. The fourth-order valence-electron chi connectivity index (χ4n) is 0.752. The number of aliphatic hydroxyl groups is 2. The van der Waals surface area contributed by atoms with Gasteiger partial charge in [-0.2, -0.15) is 0 Å². The third kappa shape index (κ3) is 2.03. The zero-order chi connectivity index (χ0) is 8.36. The topological polar surface area (TPSA) is 40.5 Å². The third-order valence-corrected chi connectivity index (χ3v) is 1.51. The average molecular weight is 144 g/mol. The molecule has 0 aromatic carbocycles. The first-order valence-electron chi connectivity index (χ1n) is 3.39. The first-order valence-corrected chi connectivity index (χ1v) is 3.39. The molecule has 0 amide bonds. The highest BCUT2D eigenvalue weighted by atomic mass is 16.3. The highest BCUT2D eigenvalue weighted by Gasteiger charge is 2.22. The van der Waals surface area contributed by atoms with Crippen molar-refractivity contribution in [3.8, 4) is 0 Å². The molecule has 0 atom stereocenters. The minimum absolute atomic E-state index is 0.0238. The maximum absolute atomic E-state index is 9.37. The zero-order valence-electron chi connectivity index (χ0n) is 7.10. The molecule has 0 saturated carbocycles. The summed E-state index contributed by atoms with van der Waals surface area (Å²) < 4.78 is 0. The lowest BCUT2D eigenvalue weighted by Gasteiger charge is -2.21. The molecular formula is C8H16O2. The van der Waals surface area contributed by atoms with Crippen LogP contribution in [-0.4, -0.2) is 16.8 Å². The summed E-state index contributed by atoms with van der Waals surface area (Å²) in [6.07, 6.45) is 0. The molecule has 2 nitrogen and oxygen atoms in total. The van der Waals surface area contributed by atoms with Crippen LogP contribution in [0.4, 0.5) is 0 Å². The van der Waals surface area contributed by atoms with Crippen molar-refractivity contribution in [2.45, 2.75) is 27.7 Å². The Hall–Kier alpha value is -0.500. The molecule has 0 aliphatic rings. The van der Waals surface area contributed by atoms with Crippen LogP contribution < -0.4 is 0 Å². The second kappa shape index (κ2) is 3.06. The van der Waals surface area contributed by atoms with E-state index in [4.69, 9.17) is 5.11 Å². The van der Waals surface area contributed by atoms with E-state index in [1.165, 1.54) is 0 Å². The van der Waals surface area contributed by atoms with E-state index in [1.807, 2.05) is 13.8 Å². The summed E-state index contributed by atoms with van der Waals surface area (Å²) in [6.45, 7) is 7.23. The van der Waals surface area contributed by atoms with Crippen molar-refractivity contribution in [1.29, 1.82) is 0 Å². The molecule has 0 saturated heterocycles. The van der Waals surface area contributed by atoms with Crippen molar-refractivity contribution >= 4 is 0 Å². The molecule has 0 aromatic heterocycles. The highest BCUT2D eigenvalue weighted by molar-refractivity contribution is 5.09. The van der Waals surface area contributed by atoms with Gasteiger partial charge in [0.15, 0.2) is 0 Å². The van der Waals surface area contributed by atoms with Gasteiger partial charge in [0.25, 0.3) is 0 Å². The lowest BCUT2D eigenvalue weighted by molar-refractivity contribution is 0.139. The molecule has 0 aliphatic heterocycles. The molecule has 2 N–H and O–H groups in total. The van der Waals surface area contributed by atoms with Crippen LogP contribution in [0, 0.1) is 5.41 Å². The summed E-state index contributed by atoms with van der Waals surface area (Å²) in [6, 6.07) is 0. The van der Waals surface area contributed by atoms with E-state index >= 15 is 0 Å². The van der Waals surface area contributed by atoms with Crippen molar-refractivity contribution < 1.29 is 10.2 Å². The van der Waals surface area contributed by atoms with E-state index in [-0.39, 0.29) is 12.4 Å². The Morgan fingerprint density at radius 3 is 1.80 bits per heavy atom. The van der Waals surface area contributed by atoms with Crippen LogP contribution >= 0.6 is 0 Å². The van der Waals surface area contributed by atoms with Crippen LogP contribution in [-0.2, 0) is 0 Å². The molecule has 10 heavy (non-hydrogen) atoms. The predicted octanol–water partition coefficient (Wildman–Crippen LogP) is 1.86. The number of allylic oxidation sites excluding steroid dienone is 1. The van der Waals surface area contributed by atoms with Gasteiger partial charge in [-0.1, -0.05) is 13.8 Å². The van der Waals surface area contributed by atoms with Gasteiger partial charge >= 0.3 is 0 Å². The number of hydrogen-bond donors (Lipinski definition) is 2. The van der Waals surface area contributed by atoms with Gasteiger partial charge in [0.05, 0.1) is 12.4 Å². The van der Waals surface area contributed by atoms with Crippen molar-refractivity contribution in [1.82, 2.24) is 0 Å². The van der Waals surface area contributed by atoms with Crippen LogP contribution in [0.15, 0.2) is 11.3 Å². The molecule has 2 heteroatoms. The van der Waals surface area contributed by atoms with Crippen molar-refractivity contribution in [2.24, 2.45) is 5.41 Å². The van der Waals surface area contributed by atoms with Gasteiger partial charge in [0.2, 0.25) is 0 Å². The van der Waals surface area contributed by atoms with Crippen molar-refractivity contribution in [3.63, 3.8) is 0 Å². The summed E-state index contributed by atoms with van der Waals surface area (Å²) in [5, 5.41) is 18.2. The summed E-state index contributed by atoms with van der Waals surface area (Å²) in [5.41, 5.74) is 0.373. The summed E-state index contributed by atoms with van der Waals surface area (Å²) in [7, 11) is 0. The van der Waals surface area contributed by atoms with Crippen LogP contribution in [0.25, 0.3) is 0 Å². The second-order valence-corrected chi connectivity index (χ2v) is 3.39. The lowest BCUT2D eigenvalue weighted by atomic mass is 9.90. The van der Waals surface area contributed by atoms with E-state index < -0.39 is 5.41 Å². The fourth-order valence-corrected chi connectivity index (χ4v) is 0.752. The molecular weight excluding hydrogens is 128 g/mol. The largest absolute Gasteiger partial charge is 0.512 e. The Morgan fingerprint density at radius 2 is 1.70 bits per heavy atom. The Kier molecular flexibility index (Phi) is 2.91. The summed E-state index contributed by atoms with van der Waals surface area (Å²) in [4.78, 5) is 0. The molecule has 0 spiro atoms. The van der Waals surface area contributed by atoms with Gasteiger partial charge in [-0.25, -0.2) is 0 Å². The maximum atomic E-state index is 9.37. The Bertz CT molecular complexity index is 141. The standard InChI is InChI=1S/C8H16O2/c1-6(2)7(10)8(3,4)5-9/h9-10H,5H2,1-4H3. The molecule has 0 unspecified atom stereocenters. The predicted molar refractivity (Wildman–Crippen MR) is 41.9 cm³/mol. The SMILES string of the molecule is CC(C)=C(O)C(C)(C)CO. The van der Waals surface area contributed by atoms with Crippen LogP contribution in [0.3, 0.4) is 0 Å². The smallest absolute Gasteiger partial charge is 0.0987 e. The molecule has 0 fully saturated rings. The fraction of sp³-hybridized carbons (Fsp3) is 0.750. The molecule has 0 radical (unpaired) electrons. The maximum Gasteiger partial charge on any atom is 0.0987 e. The van der Waals surface area contributed by atoms with Gasteiger partial charge in [-0.05, 0) is 19.4 Å². The van der Waals surface area contributed by atoms with Gasteiger partial charge in [-0.3, -0.25) is 0 Å². The van der Waals surface area contributed by atoms with Crippen LogP contribution in [0.2, 0.25) is 0 Å². The highest BCUT2D eigenvalue weighted by Crippen LogP contribution is 2.25. The van der Waals surface area contributed by atoms with Crippen molar-refractivity contribution in [2.75, 3.05) is 6.61 Å². The van der Waals surface area contributed by atoms with E-state index in [0.29, 0.717) is 0 Å². The first-order chi connectivity index (χ1) is 4.41. The van der Waals surface area contributed by atoms with Crippen molar-refractivity contribution in [3.05, 3.63) is 11.3 Å². The molecule has 0 rings (SSSR count). The van der Waals surface area contributed by atoms with E-state index in [0.717, 1.165) is 5.57 Å². The second-order valence-electron chi connectivity index (χ2n) is 3.39. The monoisotopic (exact) mass is 144 g/mol. The molecule has 0 bridgehead atoms. The zero-order valence-corrected chi connectivity index (χ0v) is 7.10. The van der Waals surface area contributed by atoms with Gasteiger partial charge in [0.1, 0.15) is 0 Å². The first kappa shape index (κ1) is 9.50. The lowest BCUT2D eigenvalue weighted by Crippen LogP contribution is -2.20. The Morgan fingerprint density at radius 1 is 1.30 bits per heavy atom. The van der Waals surface area contributed by atoms with Gasteiger partial charge in [0, 0.05) is 5.41 Å². The normalized spacial score (nSPS) is 11.3. The minimum Gasteiger partial charge on any atom is -0.512 e. The van der Waals surface area contributed by atoms with E-state index in [1.54, 1.807) is 13.8 Å². The summed E-state index contributed by atoms with van der Waals surface area (Å²) >= 11 is 0. The summed E-state index contributed by atoms with van der Waals surface area (Å²) in [5.74, 6) is 0.287. The van der Waals surface area contributed by atoms with Crippen LogP contribution in [0.5, 0.6) is 0 Å².